The van der Waals surface area contributed by atoms with E-state index in [9.17, 15) is 9.59 Å². The molecular formula is C10H13N3O3S. The van der Waals surface area contributed by atoms with E-state index >= 15 is 0 Å². The van der Waals surface area contributed by atoms with Gasteiger partial charge >= 0.3 is 11.8 Å². The topological polar surface area (TPSA) is 80.3 Å². The fraction of sp³-hybridized carbons (Fsp3) is 0.500. The maximum Gasteiger partial charge on any atom is 0.315 e. The second-order valence-corrected chi connectivity index (χ2v) is 4.53. The summed E-state index contributed by atoms with van der Waals surface area (Å²) < 4.78 is 5.33. The van der Waals surface area contributed by atoms with Crippen molar-refractivity contribution in [3.05, 3.63) is 11.6 Å². The zero-order chi connectivity index (χ0) is 12.1. The second-order valence-electron chi connectivity index (χ2n) is 3.64. The van der Waals surface area contributed by atoms with Crippen LogP contribution in [-0.4, -0.2) is 36.1 Å². The minimum absolute atomic E-state index is 0.0339. The minimum Gasteiger partial charge on any atom is -0.376 e. The highest BCUT2D eigenvalue weighted by Crippen LogP contribution is 2.11. The predicted molar refractivity (Wildman–Crippen MR) is 62.7 cm³/mol. The highest BCUT2D eigenvalue weighted by atomic mass is 32.1. The molecule has 1 aliphatic heterocycles. The molecule has 1 aliphatic rings. The first kappa shape index (κ1) is 12.0. The summed E-state index contributed by atoms with van der Waals surface area (Å²) in [7, 11) is 0. The van der Waals surface area contributed by atoms with Crippen LogP contribution in [0, 0.1) is 0 Å². The van der Waals surface area contributed by atoms with Crippen LogP contribution < -0.4 is 10.6 Å². The van der Waals surface area contributed by atoms with Gasteiger partial charge in [-0.15, -0.1) is 11.3 Å². The molecule has 17 heavy (non-hydrogen) atoms. The molecule has 1 aromatic heterocycles. The molecule has 2 heterocycles. The van der Waals surface area contributed by atoms with Crippen molar-refractivity contribution >= 4 is 28.3 Å². The van der Waals surface area contributed by atoms with E-state index in [4.69, 9.17) is 4.74 Å². The van der Waals surface area contributed by atoms with Gasteiger partial charge in [0.25, 0.3) is 0 Å². The molecule has 2 rings (SSSR count). The summed E-state index contributed by atoms with van der Waals surface area (Å²) in [4.78, 5) is 26.7. The fourth-order valence-electron chi connectivity index (χ4n) is 1.53. The zero-order valence-electron chi connectivity index (χ0n) is 9.14. The van der Waals surface area contributed by atoms with E-state index in [0.29, 0.717) is 11.7 Å². The number of hydrogen-bond donors (Lipinski definition) is 2. The summed E-state index contributed by atoms with van der Waals surface area (Å²) in [5.41, 5.74) is 0. The van der Waals surface area contributed by atoms with Crippen molar-refractivity contribution in [3.63, 3.8) is 0 Å². The Morgan fingerprint density at radius 1 is 1.53 bits per heavy atom. The molecule has 1 aromatic rings. The second kappa shape index (κ2) is 5.74. The zero-order valence-corrected chi connectivity index (χ0v) is 9.96. The van der Waals surface area contributed by atoms with Gasteiger partial charge in [-0.1, -0.05) is 0 Å². The molecule has 2 N–H and O–H groups in total. The molecule has 0 spiro atoms. The monoisotopic (exact) mass is 255 g/mol. The predicted octanol–water partition coefficient (Wildman–Crippen LogP) is 0.377. The standard InChI is InChI=1S/C10H13N3O3S/c14-8(12-6-7-2-1-4-16-7)9(15)13-10-11-3-5-17-10/h3,5,7H,1-2,4,6H2,(H,12,14)(H,11,13,15). The number of carbonyl (C=O) groups is 2. The van der Waals surface area contributed by atoms with Gasteiger partial charge in [-0.2, -0.15) is 0 Å². The lowest BCUT2D eigenvalue weighted by molar-refractivity contribution is -0.136. The SMILES string of the molecule is O=C(NCC1CCCO1)C(=O)Nc1nccs1. The third-order valence-electron chi connectivity index (χ3n) is 2.37. The van der Waals surface area contributed by atoms with Crippen molar-refractivity contribution in [2.75, 3.05) is 18.5 Å². The van der Waals surface area contributed by atoms with Crippen LogP contribution in [-0.2, 0) is 14.3 Å². The molecule has 0 saturated carbocycles. The Balaban J connectivity index is 1.73. The largest absolute Gasteiger partial charge is 0.376 e. The summed E-state index contributed by atoms with van der Waals surface area (Å²) in [6, 6.07) is 0. The minimum atomic E-state index is -0.696. The molecule has 1 atom stereocenters. The average molecular weight is 255 g/mol. The summed E-state index contributed by atoms with van der Waals surface area (Å²) in [6.07, 6.45) is 3.52. The Morgan fingerprint density at radius 2 is 2.41 bits per heavy atom. The first-order chi connectivity index (χ1) is 8.25. The fourth-order valence-corrected chi connectivity index (χ4v) is 2.06. The number of aromatic nitrogens is 1. The van der Waals surface area contributed by atoms with Crippen LogP contribution in [0.2, 0.25) is 0 Å². The van der Waals surface area contributed by atoms with Crippen molar-refractivity contribution < 1.29 is 14.3 Å². The average Bonchev–Trinajstić information content (AvgIpc) is 2.98. The molecule has 0 bridgehead atoms. The Kier molecular flexibility index (Phi) is 4.05. The summed E-state index contributed by atoms with van der Waals surface area (Å²) in [5.74, 6) is -1.35. The Bertz CT molecular complexity index is 388. The maximum atomic E-state index is 11.4. The third-order valence-corrected chi connectivity index (χ3v) is 3.06. The van der Waals surface area contributed by atoms with Crippen LogP contribution in [0.1, 0.15) is 12.8 Å². The van der Waals surface area contributed by atoms with E-state index in [1.165, 1.54) is 11.3 Å². The van der Waals surface area contributed by atoms with E-state index in [1.807, 2.05) is 0 Å². The molecule has 0 aromatic carbocycles. The van der Waals surface area contributed by atoms with Crippen LogP contribution in [0.5, 0.6) is 0 Å². The van der Waals surface area contributed by atoms with Gasteiger partial charge in [-0.05, 0) is 12.8 Å². The van der Waals surface area contributed by atoms with Crippen molar-refractivity contribution in [1.29, 1.82) is 0 Å². The van der Waals surface area contributed by atoms with Gasteiger partial charge < -0.3 is 10.1 Å². The van der Waals surface area contributed by atoms with Gasteiger partial charge in [0.1, 0.15) is 0 Å². The first-order valence-corrected chi connectivity index (χ1v) is 6.24. The van der Waals surface area contributed by atoms with Crippen LogP contribution in [0.3, 0.4) is 0 Å². The van der Waals surface area contributed by atoms with Gasteiger partial charge in [0.2, 0.25) is 0 Å². The Morgan fingerprint density at radius 3 is 3.06 bits per heavy atom. The lowest BCUT2D eigenvalue weighted by Gasteiger charge is -2.09. The number of nitrogens with one attached hydrogen (secondary N) is 2. The molecule has 0 radical (unpaired) electrons. The van der Waals surface area contributed by atoms with Crippen LogP contribution in [0.25, 0.3) is 0 Å². The highest BCUT2D eigenvalue weighted by molar-refractivity contribution is 7.13. The number of thiazole rings is 1. The van der Waals surface area contributed by atoms with Crippen molar-refractivity contribution in [3.8, 4) is 0 Å². The van der Waals surface area contributed by atoms with Crippen molar-refractivity contribution in [2.24, 2.45) is 0 Å². The maximum absolute atomic E-state index is 11.4. The number of ether oxygens (including phenoxy) is 1. The van der Waals surface area contributed by atoms with Gasteiger partial charge in [-0.3, -0.25) is 14.9 Å². The van der Waals surface area contributed by atoms with Crippen molar-refractivity contribution in [2.45, 2.75) is 18.9 Å². The Labute approximate surface area is 102 Å². The molecule has 1 unspecified atom stereocenters. The van der Waals surface area contributed by atoms with Gasteiger partial charge in [-0.25, -0.2) is 4.98 Å². The van der Waals surface area contributed by atoms with Gasteiger partial charge in [0.15, 0.2) is 5.13 Å². The van der Waals surface area contributed by atoms with Gasteiger partial charge in [0.05, 0.1) is 6.10 Å². The molecule has 6 nitrogen and oxygen atoms in total. The van der Waals surface area contributed by atoms with E-state index in [0.717, 1.165) is 19.4 Å². The van der Waals surface area contributed by atoms with Crippen molar-refractivity contribution in [1.82, 2.24) is 10.3 Å². The molecule has 2 amide bonds. The normalized spacial score (nSPS) is 18.9. The van der Waals surface area contributed by atoms with E-state index in [2.05, 4.69) is 15.6 Å². The van der Waals surface area contributed by atoms with Crippen LogP contribution in [0.4, 0.5) is 5.13 Å². The number of hydrogen-bond acceptors (Lipinski definition) is 5. The lowest BCUT2D eigenvalue weighted by Crippen LogP contribution is -2.39. The molecule has 92 valence electrons. The van der Waals surface area contributed by atoms with E-state index < -0.39 is 11.8 Å². The molecule has 1 saturated heterocycles. The van der Waals surface area contributed by atoms with E-state index in [-0.39, 0.29) is 6.10 Å². The molecule has 7 heteroatoms. The smallest absolute Gasteiger partial charge is 0.315 e. The van der Waals surface area contributed by atoms with E-state index in [1.54, 1.807) is 11.6 Å². The summed E-state index contributed by atoms with van der Waals surface area (Å²) in [6.45, 7) is 1.11. The molecule has 1 fully saturated rings. The number of carbonyl (C=O) groups excluding carboxylic acids is 2. The lowest BCUT2D eigenvalue weighted by atomic mass is 10.2. The first-order valence-electron chi connectivity index (χ1n) is 5.36. The number of nitrogens with zero attached hydrogens (tertiary/aromatic N) is 1. The van der Waals surface area contributed by atoms with Gasteiger partial charge in [0, 0.05) is 24.7 Å². The number of anilines is 1. The van der Waals surface area contributed by atoms with Crippen LogP contribution in [0.15, 0.2) is 11.6 Å². The molecular weight excluding hydrogens is 242 g/mol. The number of amides is 2. The third kappa shape index (κ3) is 3.50. The highest BCUT2D eigenvalue weighted by Gasteiger charge is 2.19. The Hall–Kier alpha value is -1.47. The molecule has 0 aliphatic carbocycles. The number of rotatable bonds is 3. The quantitative estimate of drug-likeness (QED) is 0.765. The summed E-state index contributed by atoms with van der Waals surface area (Å²) >= 11 is 1.26. The van der Waals surface area contributed by atoms with Crippen LogP contribution >= 0.6 is 11.3 Å². The summed E-state index contributed by atoms with van der Waals surface area (Å²) in [5, 5.41) is 7.09.